The summed E-state index contributed by atoms with van der Waals surface area (Å²) in [6.07, 6.45) is 36.9. The highest BCUT2D eigenvalue weighted by atomic mass is 16.3. The molecule has 0 fully saturated rings. The topological polar surface area (TPSA) is 122 Å². The predicted molar refractivity (Wildman–Crippen MR) is 270 cm³/mol. The van der Waals surface area contributed by atoms with Crippen LogP contribution in [0.1, 0.15) is 266 Å². The number of Topliss-reactive ketones (excluding diaryl/α,β-unsaturated/α-hetero) is 2. The van der Waals surface area contributed by atoms with Crippen LogP contribution >= 0.6 is 0 Å². The highest BCUT2D eigenvalue weighted by Crippen LogP contribution is 2.23. The van der Waals surface area contributed by atoms with Gasteiger partial charge in [0.15, 0.2) is 0 Å². The molecule has 0 saturated heterocycles. The van der Waals surface area contributed by atoms with Gasteiger partial charge in [-0.2, -0.15) is 0 Å². The summed E-state index contributed by atoms with van der Waals surface area (Å²) in [7, 11) is 0. The first-order chi connectivity index (χ1) is 30.5. The lowest BCUT2D eigenvalue weighted by molar-refractivity contribution is -0.129. The minimum absolute atomic E-state index is 0.0507. The second kappa shape index (κ2) is 44.9. The van der Waals surface area contributed by atoms with Crippen LogP contribution in [0.2, 0.25) is 0 Å². The molecule has 0 rings (SSSR count). The van der Waals surface area contributed by atoms with E-state index in [-0.39, 0.29) is 29.5 Å². The van der Waals surface area contributed by atoms with Gasteiger partial charge in [-0.1, -0.05) is 195 Å². The molecule has 4 N–H and O–H groups in total. The number of unbranched alkanes of at least 4 members (excludes halogenated alkanes) is 23. The van der Waals surface area contributed by atoms with Crippen LogP contribution in [0.4, 0.5) is 0 Å². The van der Waals surface area contributed by atoms with E-state index >= 15 is 0 Å². The minimum atomic E-state index is -0.454. The lowest BCUT2D eigenvalue weighted by Gasteiger charge is -2.28. The third kappa shape index (κ3) is 39.9. The Labute approximate surface area is 391 Å². The quantitative estimate of drug-likeness (QED) is 0.0446. The summed E-state index contributed by atoms with van der Waals surface area (Å²) >= 11 is 0. The van der Waals surface area contributed by atoms with Gasteiger partial charge < -0.3 is 20.4 Å². The molecule has 0 aliphatic carbocycles. The zero-order chi connectivity index (χ0) is 46.8. The average Bonchev–Trinajstić information content (AvgIpc) is 3.24. The van der Waals surface area contributed by atoms with E-state index in [1.165, 1.54) is 135 Å². The summed E-state index contributed by atoms with van der Waals surface area (Å²) in [6.45, 7) is 16.1. The third-order valence-electron chi connectivity index (χ3n) is 13.6. The molecule has 0 saturated carbocycles. The number of aliphatic hydroxyl groups excluding tert-OH is 4. The largest absolute Gasteiger partial charge is 0.392 e. The number of hydrogen-bond donors (Lipinski definition) is 4. The van der Waals surface area contributed by atoms with E-state index in [9.17, 15) is 30.0 Å². The minimum Gasteiger partial charge on any atom is -0.392 e. The fourth-order valence-corrected chi connectivity index (χ4v) is 9.50. The van der Waals surface area contributed by atoms with Gasteiger partial charge in [-0.25, -0.2) is 0 Å². The highest BCUT2D eigenvalue weighted by molar-refractivity contribution is 5.87. The summed E-state index contributed by atoms with van der Waals surface area (Å²) in [5, 5.41) is 43.0. The van der Waals surface area contributed by atoms with Crippen molar-refractivity contribution in [2.45, 2.75) is 291 Å². The number of hydrogen-bond acceptors (Lipinski definition) is 8. The van der Waals surface area contributed by atoms with Crippen LogP contribution in [0.5, 0.6) is 0 Å². The van der Waals surface area contributed by atoms with Crippen LogP contribution in [0, 0.1) is 11.8 Å². The molecular formula is C55H110N2O6. The summed E-state index contributed by atoms with van der Waals surface area (Å²) in [5.41, 5.74) is 0. The maximum absolute atomic E-state index is 13.6. The summed E-state index contributed by atoms with van der Waals surface area (Å²) in [6, 6.07) is 0. The monoisotopic (exact) mass is 895 g/mol. The third-order valence-corrected chi connectivity index (χ3v) is 13.6. The Balaban J connectivity index is 4.94. The molecule has 6 atom stereocenters. The van der Waals surface area contributed by atoms with E-state index in [0.29, 0.717) is 39.0 Å². The van der Waals surface area contributed by atoms with Gasteiger partial charge in [0.05, 0.1) is 24.4 Å². The zero-order valence-electron chi connectivity index (χ0n) is 43.0. The van der Waals surface area contributed by atoms with Crippen molar-refractivity contribution in [2.24, 2.45) is 11.8 Å². The van der Waals surface area contributed by atoms with Gasteiger partial charge in [0.1, 0.15) is 11.6 Å². The van der Waals surface area contributed by atoms with E-state index in [1.54, 1.807) is 13.8 Å². The van der Waals surface area contributed by atoms with Gasteiger partial charge in [0, 0.05) is 44.4 Å². The van der Waals surface area contributed by atoms with Gasteiger partial charge in [-0.3, -0.25) is 19.4 Å². The standard InChI is InChI=1S/C55H110N2O6/c1-7-11-14-17-20-23-26-29-38-52(60)45-56(44-48(5)58)41-34-32-36-50(10-4)55(63)43-51(49(6)59)37-33-35-42-57(46-53(61)39-30-27-24-21-18-15-12-8-2)47-54(62)40-31-28-25-22-19-16-13-9-3/h48,50-54,58,60-62H,7-47H2,1-6H3/t48-,50-,51+,52-,53-,54-/m0/s1. The second-order valence-electron chi connectivity index (χ2n) is 20.2. The lowest BCUT2D eigenvalue weighted by Crippen LogP contribution is -2.38. The molecule has 0 aromatic heterocycles. The van der Waals surface area contributed by atoms with Crippen molar-refractivity contribution in [3.8, 4) is 0 Å². The normalized spacial score (nSPS) is 14.9. The molecule has 0 aromatic rings. The Hall–Kier alpha value is -0.900. The van der Waals surface area contributed by atoms with Crippen molar-refractivity contribution in [3.63, 3.8) is 0 Å². The number of ketones is 2. The summed E-state index contributed by atoms with van der Waals surface area (Å²) in [5.74, 6) is -0.0144. The van der Waals surface area contributed by atoms with Crippen molar-refractivity contribution in [3.05, 3.63) is 0 Å². The molecule has 0 aliphatic rings. The zero-order valence-corrected chi connectivity index (χ0v) is 43.0. The van der Waals surface area contributed by atoms with E-state index < -0.39 is 18.3 Å². The van der Waals surface area contributed by atoms with Gasteiger partial charge in [-0.05, 0) is 78.3 Å². The molecule has 0 aromatic carbocycles. The molecule has 0 heterocycles. The molecule has 0 radical (unpaired) electrons. The molecule has 0 spiro atoms. The fourth-order valence-electron chi connectivity index (χ4n) is 9.50. The van der Waals surface area contributed by atoms with Crippen LogP contribution in [0.3, 0.4) is 0 Å². The molecular weight excluding hydrogens is 785 g/mol. The van der Waals surface area contributed by atoms with Crippen molar-refractivity contribution in [1.29, 1.82) is 0 Å². The van der Waals surface area contributed by atoms with Crippen LogP contribution in [0.25, 0.3) is 0 Å². The molecule has 0 unspecified atom stereocenters. The molecule has 0 amide bonds. The molecule has 8 nitrogen and oxygen atoms in total. The highest BCUT2D eigenvalue weighted by Gasteiger charge is 2.24. The van der Waals surface area contributed by atoms with Gasteiger partial charge in [0.25, 0.3) is 0 Å². The van der Waals surface area contributed by atoms with Crippen molar-refractivity contribution >= 4 is 11.6 Å². The van der Waals surface area contributed by atoms with E-state index in [2.05, 4.69) is 37.5 Å². The summed E-state index contributed by atoms with van der Waals surface area (Å²) in [4.78, 5) is 30.8. The number of rotatable bonds is 50. The smallest absolute Gasteiger partial charge is 0.136 e. The summed E-state index contributed by atoms with van der Waals surface area (Å²) < 4.78 is 0. The lowest BCUT2D eigenvalue weighted by atomic mass is 9.85. The van der Waals surface area contributed by atoms with Crippen LogP contribution < -0.4 is 0 Å². The molecule has 0 aliphatic heterocycles. The van der Waals surface area contributed by atoms with Crippen molar-refractivity contribution in [2.75, 3.05) is 39.3 Å². The Kier molecular flexibility index (Phi) is 44.3. The Morgan fingerprint density at radius 3 is 1.02 bits per heavy atom. The maximum Gasteiger partial charge on any atom is 0.136 e. The fraction of sp³-hybridized carbons (Fsp3) is 0.964. The Bertz CT molecular complexity index is 968. The molecule has 8 heteroatoms. The van der Waals surface area contributed by atoms with E-state index in [0.717, 1.165) is 90.1 Å². The number of carbonyl (C=O) groups excluding carboxylic acids is 2. The first-order valence-corrected chi connectivity index (χ1v) is 27.7. The van der Waals surface area contributed by atoms with Crippen LogP contribution in [-0.2, 0) is 9.59 Å². The second-order valence-corrected chi connectivity index (χ2v) is 20.2. The molecule has 376 valence electrons. The van der Waals surface area contributed by atoms with E-state index in [4.69, 9.17) is 0 Å². The molecule has 63 heavy (non-hydrogen) atoms. The number of carbonyl (C=O) groups is 2. The predicted octanol–water partition coefficient (Wildman–Crippen LogP) is 13.2. The average molecular weight is 895 g/mol. The maximum atomic E-state index is 13.6. The van der Waals surface area contributed by atoms with Gasteiger partial charge in [0.2, 0.25) is 0 Å². The number of aliphatic hydroxyl groups is 4. The first-order valence-electron chi connectivity index (χ1n) is 27.7. The van der Waals surface area contributed by atoms with Crippen molar-refractivity contribution < 1.29 is 30.0 Å². The van der Waals surface area contributed by atoms with Crippen molar-refractivity contribution in [1.82, 2.24) is 9.80 Å². The number of nitrogens with zero attached hydrogens (tertiary/aromatic N) is 2. The first kappa shape index (κ1) is 62.1. The van der Waals surface area contributed by atoms with Crippen LogP contribution in [-0.4, -0.2) is 105 Å². The van der Waals surface area contributed by atoms with Gasteiger partial charge in [-0.15, -0.1) is 0 Å². The Morgan fingerprint density at radius 1 is 0.397 bits per heavy atom. The van der Waals surface area contributed by atoms with Crippen LogP contribution in [0.15, 0.2) is 0 Å². The molecule has 0 bridgehead atoms. The SMILES string of the molecule is CCCCCCCCCC[C@H](O)CN(CCCC[C@H](CC(=O)[C@@H](CC)CCCCN(C[C@@H](O)CCCCCCCCCC)C[C@H](C)O)C(C)=O)C[C@@H](O)CCCCCCCCCC. The van der Waals surface area contributed by atoms with Gasteiger partial charge >= 0.3 is 0 Å². The Morgan fingerprint density at radius 2 is 0.698 bits per heavy atom. The van der Waals surface area contributed by atoms with E-state index in [1.807, 2.05) is 0 Å².